The predicted octanol–water partition coefficient (Wildman–Crippen LogP) is -0.352. The number of aryl methyl sites for hydroxylation is 1. The van der Waals surface area contributed by atoms with Gasteiger partial charge >= 0.3 is 0 Å². The Hall–Kier alpha value is -2.01. The summed E-state index contributed by atoms with van der Waals surface area (Å²) in [5.74, 6) is -0.308. The zero-order valence-electron chi connectivity index (χ0n) is 18.1. The molecule has 2 N–H and O–H groups in total. The van der Waals surface area contributed by atoms with E-state index in [-0.39, 0.29) is 25.0 Å². The number of carbonyl (C=O) groups is 2. The van der Waals surface area contributed by atoms with Crippen LogP contribution in [0, 0.1) is 0 Å². The molecule has 2 rings (SSSR count). The molecule has 0 saturated carbocycles. The van der Waals surface area contributed by atoms with E-state index in [1.807, 2.05) is 0 Å². The molecule has 170 valence electrons. The van der Waals surface area contributed by atoms with Crippen LogP contribution in [0.15, 0.2) is 12.3 Å². The standard InChI is InChI=1S/C20H34N4O6/c1-15(25)24-10-6-9-23(20(28)16-7-11-22(2)21-16)8-4-5-12-30-14-17(26)19(27)18(13-24)29-3/h7,11,17-19,26-27H,4-6,8-10,12-14H2,1-3H3/t17-,18-,19-/m0/s1. The van der Waals surface area contributed by atoms with Crippen LogP contribution < -0.4 is 0 Å². The molecule has 0 radical (unpaired) electrons. The highest BCUT2D eigenvalue weighted by molar-refractivity contribution is 5.92. The second kappa shape index (κ2) is 12.0. The molecule has 1 aliphatic heterocycles. The maximum atomic E-state index is 12.9. The fraction of sp³-hybridized carbons (Fsp3) is 0.750. The Balaban J connectivity index is 2.11. The third-order valence-corrected chi connectivity index (χ3v) is 5.25. The number of aliphatic hydroxyl groups is 2. The van der Waals surface area contributed by atoms with Crippen molar-refractivity contribution >= 4 is 11.8 Å². The lowest BCUT2D eigenvalue weighted by atomic mass is 10.1. The fourth-order valence-corrected chi connectivity index (χ4v) is 3.43. The Bertz CT molecular complexity index is 682. The minimum atomic E-state index is -1.18. The largest absolute Gasteiger partial charge is 0.388 e. The highest BCUT2D eigenvalue weighted by Crippen LogP contribution is 2.11. The van der Waals surface area contributed by atoms with Gasteiger partial charge in [0.25, 0.3) is 5.91 Å². The summed E-state index contributed by atoms with van der Waals surface area (Å²) in [5, 5.41) is 24.8. The molecule has 1 aromatic rings. The maximum Gasteiger partial charge on any atom is 0.274 e. The van der Waals surface area contributed by atoms with Crippen molar-refractivity contribution in [1.82, 2.24) is 19.6 Å². The quantitative estimate of drug-likeness (QED) is 0.664. The lowest BCUT2D eigenvalue weighted by Gasteiger charge is -2.31. The lowest BCUT2D eigenvalue weighted by molar-refractivity contribution is -0.136. The molecular formula is C20H34N4O6. The Kier molecular flexibility index (Phi) is 9.70. The molecule has 0 spiro atoms. The Morgan fingerprint density at radius 1 is 1.17 bits per heavy atom. The van der Waals surface area contributed by atoms with Gasteiger partial charge in [0, 0.05) is 60.1 Å². The number of aromatic nitrogens is 2. The third-order valence-electron chi connectivity index (χ3n) is 5.25. The lowest BCUT2D eigenvalue weighted by Crippen LogP contribution is -2.48. The van der Waals surface area contributed by atoms with E-state index in [9.17, 15) is 19.8 Å². The summed E-state index contributed by atoms with van der Waals surface area (Å²) in [7, 11) is 3.20. The van der Waals surface area contributed by atoms with Gasteiger partial charge < -0.3 is 29.5 Å². The zero-order valence-corrected chi connectivity index (χ0v) is 18.1. The van der Waals surface area contributed by atoms with Crippen molar-refractivity contribution in [2.45, 2.75) is 44.5 Å². The van der Waals surface area contributed by atoms with Crippen LogP contribution in [0.3, 0.4) is 0 Å². The second-order valence-electron chi connectivity index (χ2n) is 7.60. The zero-order chi connectivity index (χ0) is 22.1. The number of carbonyl (C=O) groups excluding carboxylic acids is 2. The average Bonchev–Trinajstić information content (AvgIpc) is 3.15. The molecule has 10 nitrogen and oxygen atoms in total. The summed E-state index contributed by atoms with van der Waals surface area (Å²) < 4.78 is 12.4. The minimum Gasteiger partial charge on any atom is -0.388 e. The van der Waals surface area contributed by atoms with E-state index in [2.05, 4.69) is 5.10 Å². The van der Waals surface area contributed by atoms with Crippen LogP contribution in [0.25, 0.3) is 0 Å². The van der Waals surface area contributed by atoms with Crippen LogP contribution in [0.4, 0.5) is 0 Å². The highest BCUT2D eigenvalue weighted by atomic mass is 16.5. The van der Waals surface area contributed by atoms with E-state index in [1.54, 1.807) is 33.8 Å². The Morgan fingerprint density at radius 2 is 1.87 bits per heavy atom. The molecule has 3 atom stereocenters. The first-order valence-electron chi connectivity index (χ1n) is 10.3. The number of aliphatic hydroxyl groups excluding tert-OH is 2. The van der Waals surface area contributed by atoms with Crippen molar-refractivity contribution < 1.29 is 29.3 Å². The molecule has 1 fully saturated rings. The molecule has 1 saturated heterocycles. The number of hydrogen-bond acceptors (Lipinski definition) is 7. The van der Waals surface area contributed by atoms with Gasteiger partial charge in [-0.05, 0) is 25.3 Å². The topological polar surface area (TPSA) is 117 Å². The maximum absolute atomic E-state index is 12.9. The summed E-state index contributed by atoms with van der Waals surface area (Å²) in [6.45, 7) is 3.39. The molecule has 0 aromatic carbocycles. The minimum absolute atomic E-state index is 0.0301. The number of ether oxygens (including phenoxy) is 2. The van der Waals surface area contributed by atoms with E-state index in [0.29, 0.717) is 44.8 Å². The van der Waals surface area contributed by atoms with Crippen LogP contribution >= 0.6 is 0 Å². The first kappa shape index (κ1) is 24.3. The molecule has 1 aliphatic rings. The van der Waals surface area contributed by atoms with Crippen LogP contribution in [0.1, 0.15) is 36.7 Å². The molecular weight excluding hydrogens is 392 g/mol. The summed E-state index contributed by atoms with van der Waals surface area (Å²) in [6, 6.07) is 1.69. The van der Waals surface area contributed by atoms with Crippen molar-refractivity contribution in [3.63, 3.8) is 0 Å². The number of rotatable bonds is 2. The number of methoxy groups -OCH3 is 1. The van der Waals surface area contributed by atoms with E-state index >= 15 is 0 Å². The van der Waals surface area contributed by atoms with Gasteiger partial charge in [0.05, 0.1) is 6.61 Å². The van der Waals surface area contributed by atoms with Crippen LogP contribution in [0.5, 0.6) is 0 Å². The van der Waals surface area contributed by atoms with Crippen molar-refractivity contribution in [3.05, 3.63) is 18.0 Å². The van der Waals surface area contributed by atoms with Gasteiger partial charge in [0.1, 0.15) is 24.0 Å². The third kappa shape index (κ3) is 7.05. The number of nitrogens with zero attached hydrogens (tertiary/aromatic N) is 4. The summed E-state index contributed by atoms with van der Waals surface area (Å²) in [6.07, 6.45) is 0.706. The van der Waals surface area contributed by atoms with Gasteiger partial charge in [-0.15, -0.1) is 0 Å². The SMILES string of the molecule is CO[C@H]1CN(C(C)=O)CCCN(C(=O)c2ccn(C)n2)CCCCOC[C@H](O)[C@@H]1O. The molecule has 2 heterocycles. The fourth-order valence-electron chi connectivity index (χ4n) is 3.43. The molecule has 0 bridgehead atoms. The Labute approximate surface area is 177 Å². The van der Waals surface area contributed by atoms with E-state index in [1.165, 1.54) is 14.0 Å². The van der Waals surface area contributed by atoms with Crippen LogP contribution in [0.2, 0.25) is 0 Å². The Morgan fingerprint density at radius 3 is 2.50 bits per heavy atom. The van der Waals surface area contributed by atoms with Crippen LogP contribution in [-0.4, -0.2) is 106 Å². The summed E-state index contributed by atoms with van der Waals surface area (Å²) in [5.41, 5.74) is 0.390. The molecule has 30 heavy (non-hydrogen) atoms. The van der Waals surface area contributed by atoms with Gasteiger partial charge in [-0.25, -0.2) is 0 Å². The van der Waals surface area contributed by atoms with Gasteiger partial charge in [0.2, 0.25) is 5.91 Å². The van der Waals surface area contributed by atoms with Crippen molar-refractivity contribution in [3.8, 4) is 0 Å². The smallest absolute Gasteiger partial charge is 0.274 e. The average molecular weight is 427 g/mol. The van der Waals surface area contributed by atoms with Crippen molar-refractivity contribution in [2.75, 3.05) is 46.5 Å². The highest BCUT2D eigenvalue weighted by Gasteiger charge is 2.29. The summed E-state index contributed by atoms with van der Waals surface area (Å²) >= 11 is 0. The molecule has 2 amide bonds. The van der Waals surface area contributed by atoms with Gasteiger partial charge in [0.15, 0.2) is 0 Å². The predicted molar refractivity (Wildman–Crippen MR) is 109 cm³/mol. The normalized spacial score (nSPS) is 25.4. The van der Waals surface area contributed by atoms with E-state index in [0.717, 1.165) is 6.42 Å². The second-order valence-corrected chi connectivity index (χ2v) is 7.60. The summed E-state index contributed by atoms with van der Waals surface area (Å²) in [4.78, 5) is 28.3. The van der Waals surface area contributed by atoms with Gasteiger partial charge in [-0.2, -0.15) is 5.10 Å². The molecule has 0 unspecified atom stereocenters. The number of amides is 2. The number of hydrogen-bond donors (Lipinski definition) is 2. The van der Waals surface area contributed by atoms with E-state index in [4.69, 9.17) is 9.47 Å². The molecule has 10 heteroatoms. The molecule has 0 aliphatic carbocycles. The van der Waals surface area contributed by atoms with Gasteiger partial charge in [-0.3, -0.25) is 14.3 Å². The molecule has 1 aromatic heterocycles. The van der Waals surface area contributed by atoms with Crippen molar-refractivity contribution in [2.24, 2.45) is 7.05 Å². The van der Waals surface area contributed by atoms with Crippen molar-refractivity contribution in [1.29, 1.82) is 0 Å². The van der Waals surface area contributed by atoms with E-state index < -0.39 is 18.3 Å². The first-order chi connectivity index (χ1) is 14.3. The van der Waals surface area contributed by atoms with Crippen LogP contribution in [-0.2, 0) is 21.3 Å². The monoisotopic (exact) mass is 426 g/mol. The van der Waals surface area contributed by atoms with Gasteiger partial charge in [-0.1, -0.05) is 0 Å². The first-order valence-corrected chi connectivity index (χ1v) is 10.3.